The Morgan fingerprint density at radius 1 is 1.18 bits per heavy atom. The van der Waals surface area contributed by atoms with Gasteiger partial charge in [-0.2, -0.15) is 0 Å². The third-order valence-corrected chi connectivity index (χ3v) is 4.46. The van der Waals surface area contributed by atoms with E-state index in [2.05, 4.69) is 12.2 Å². The Bertz CT molecular complexity index is 515. The minimum absolute atomic E-state index is 0.0108. The van der Waals surface area contributed by atoms with Crippen molar-refractivity contribution in [3.8, 4) is 0 Å². The Morgan fingerprint density at radius 2 is 1.86 bits per heavy atom. The minimum atomic E-state index is -0.374. The van der Waals surface area contributed by atoms with Crippen LogP contribution in [0.15, 0.2) is 30.3 Å². The molecule has 1 fully saturated rings. The number of hydrogen-bond acceptors (Lipinski definition) is 2. The number of nitrogens with zero attached hydrogens (tertiary/aromatic N) is 1. The lowest BCUT2D eigenvalue weighted by Crippen LogP contribution is -2.64. The van der Waals surface area contributed by atoms with E-state index in [9.17, 15) is 9.59 Å². The number of carbonyl (C=O) groups excluding carboxylic acids is 2. The molecule has 120 valence electrons. The second-order valence-corrected chi connectivity index (χ2v) is 6.13. The van der Waals surface area contributed by atoms with Crippen molar-refractivity contribution in [2.45, 2.75) is 58.7 Å². The fourth-order valence-corrected chi connectivity index (χ4v) is 3.03. The zero-order chi connectivity index (χ0) is 16.1. The van der Waals surface area contributed by atoms with Gasteiger partial charge >= 0.3 is 0 Å². The molecule has 22 heavy (non-hydrogen) atoms. The maximum atomic E-state index is 12.8. The first-order valence-corrected chi connectivity index (χ1v) is 8.23. The van der Waals surface area contributed by atoms with Gasteiger partial charge < -0.3 is 10.2 Å². The van der Waals surface area contributed by atoms with Crippen molar-refractivity contribution >= 4 is 11.8 Å². The Labute approximate surface area is 132 Å². The molecule has 1 aromatic carbocycles. The van der Waals surface area contributed by atoms with Crippen LogP contribution in [-0.2, 0) is 16.1 Å². The molecule has 1 aliphatic rings. The summed E-state index contributed by atoms with van der Waals surface area (Å²) in [6.45, 7) is 6.63. The van der Waals surface area contributed by atoms with E-state index in [-0.39, 0.29) is 29.8 Å². The van der Waals surface area contributed by atoms with Crippen molar-refractivity contribution in [3.63, 3.8) is 0 Å². The zero-order valence-electron chi connectivity index (χ0n) is 13.7. The van der Waals surface area contributed by atoms with E-state index in [0.29, 0.717) is 13.0 Å². The van der Waals surface area contributed by atoms with E-state index in [0.717, 1.165) is 18.4 Å². The summed E-state index contributed by atoms with van der Waals surface area (Å²) in [4.78, 5) is 27.1. The Morgan fingerprint density at radius 3 is 2.45 bits per heavy atom. The maximum Gasteiger partial charge on any atom is 0.246 e. The van der Waals surface area contributed by atoms with Crippen molar-refractivity contribution in [2.24, 2.45) is 5.92 Å². The summed E-state index contributed by atoms with van der Waals surface area (Å²) >= 11 is 0. The summed E-state index contributed by atoms with van der Waals surface area (Å²) in [5.41, 5.74) is 1.06. The molecule has 0 aromatic heterocycles. The summed E-state index contributed by atoms with van der Waals surface area (Å²) in [6.07, 6.45) is 2.45. The molecule has 3 unspecified atom stereocenters. The lowest BCUT2D eigenvalue weighted by Gasteiger charge is -2.41. The predicted molar refractivity (Wildman–Crippen MR) is 87.1 cm³/mol. The molecule has 0 saturated carbocycles. The molecule has 4 heteroatoms. The molecule has 1 heterocycles. The van der Waals surface area contributed by atoms with Crippen LogP contribution in [-0.4, -0.2) is 28.8 Å². The highest BCUT2D eigenvalue weighted by Gasteiger charge is 2.42. The molecule has 2 amide bonds. The number of carbonyl (C=O) groups is 2. The highest BCUT2D eigenvalue weighted by atomic mass is 16.2. The van der Waals surface area contributed by atoms with Crippen LogP contribution in [0.2, 0.25) is 0 Å². The number of piperazine rings is 1. The summed E-state index contributed by atoms with van der Waals surface area (Å²) in [6, 6.07) is 9.15. The molecule has 0 bridgehead atoms. The van der Waals surface area contributed by atoms with Crippen LogP contribution in [0, 0.1) is 5.92 Å². The van der Waals surface area contributed by atoms with E-state index in [1.165, 1.54) is 0 Å². The first kappa shape index (κ1) is 16.5. The van der Waals surface area contributed by atoms with Gasteiger partial charge in [-0.05, 0) is 17.9 Å². The van der Waals surface area contributed by atoms with Crippen molar-refractivity contribution in [2.75, 3.05) is 0 Å². The molecule has 1 N–H and O–H groups in total. The largest absolute Gasteiger partial charge is 0.342 e. The Balaban J connectivity index is 2.27. The monoisotopic (exact) mass is 302 g/mol. The second kappa shape index (κ2) is 7.43. The van der Waals surface area contributed by atoms with Crippen LogP contribution in [0.1, 0.15) is 45.6 Å². The predicted octanol–water partition coefficient (Wildman–Crippen LogP) is 2.73. The summed E-state index contributed by atoms with van der Waals surface area (Å²) in [5, 5.41) is 2.92. The van der Waals surface area contributed by atoms with Gasteiger partial charge in [0.05, 0.1) is 0 Å². The molecular weight excluding hydrogens is 276 g/mol. The average molecular weight is 302 g/mol. The third kappa shape index (κ3) is 3.49. The molecule has 2 rings (SSSR count). The molecule has 1 aliphatic heterocycles. The number of amides is 2. The van der Waals surface area contributed by atoms with E-state index >= 15 is 0 Å². The molecule has 0 radical (unpaired) electrons. The summed E-state index contributed by atoms with van der Waals surface area (Å²) in [7, 11) is 0. The van der Waals surface area contributed by atoms with E-state index in [1.807, 2.05) is 44.2 Å². The van der Waals surface area contributed by atoms with E-state index in [4.69, 9.17) is 0 Å². The average Bonchev–Trinajstić information content (AvgIpc) is 2.52. The van der Waals surface area contributed by atoms with Gasteiger partial charge in [0, 0.05) is 6.54 Å². The van der Waals surface area contributed by atoms with Crippen LogP contribution in [0.5, 0.6) is 0 Å². The highest BCUT2D eigenvalue weighted by Crippen LogP contribution is 2.23. The topological polar surface area (TPSA) is 49.4 Å². The summed E-state index contributed by atoms with van der Waals surface area (Å²) in [5.74, 6) is 0.189. The lowest BCUT2D eigenvalue weighted by atomic mass is 9.92. The highest BCUT2D eigenvalue weighted by molar-refractivity contribution is 5.97. The van der Waals surface area contributed by atoms with Gasteiger partial charge in [-0.25, -0.2) is 0 Å². The molecule has 0 aliphatic carbocycles. The van der Waals surface area contributed by atoms with Gasteiger partial charge in [-0.15, -0.1) is 0 Å². The van der Waals surface area contributed by atoms with Crippen LogP contribution in [0.4, 0.5) is 0 Å². The zero-order valence-corrected chi connectivity index (χ0v) is 13.7. The molecule has 3 atom stereocenters. The SMILES string of the molecule is CCCC1NC(=O)C(C(C)CC)N(Cc2ccccc2)C1=O. The van der Waals surface area contributed by atoms with Crippen molar-refractivity contribution in [3.05, 3.63) is 35.9 Å². The summed E-state index contributed by atoms with van der Waals surface area (Å²) < 4.78 is 0. The van der Waals surface area contributed by atoms with Gasteiger partial charge in [0.1, 0.15) is 12.1 Å². The fourth-order valence-electron chi connectivity index (χ4n) is 3.03. The van der Waals surface area contributed by atoms with E-state index < -0.39 is 0 Å². The van der Waals surface area contributed by atoms with Gasteiger partial charge in [0.25, 0.3) is 0 Å². The minimum Gasteiger partial charge on any atom is -0.342 e. The van der Waals surface area contributed by atoms with Gasteiger partial charge in [-0.3, -0.25) is 9.59 Å². The number of benzene rings is 1. The molecular formula is C18H26N2O2. The first-order chi connectivity index (χ1) is 10.6. The smallest absolute Gasteiger partial charge is 0.246 e. The van der Waals surface area contributed by atoms with Gasteiger partial charge in [0.2, 0.25) is 11.8 Å². The quantitative estimate of drug-likeness (QED) is 0.878. The first-order valence-electron chi connectivity index (χ1n) is 8.23. The van der Waals surface area contributed by atoms with Gasteiger partial charge in [0.15, 0.2) is 0 Å². The van der Waals surface area contributed by atoms with Crippen LogP contribution in [0.3, 0.4) is 0 Å². The molecule has 1 aromatic rings. The normalized spacial score (nSPS) is 23.3. The number of hydrogen-bond donors (Lipinski definition) is 1. The second-order valence-electron chi connectivity index (χ2n) is 6.13. The van der Waals surface area contributed by atoms with Crippen LogP contribution >= 0.6 is 0 Å². The molecule has 0 spiro atoms. The standard InChI is InChI=1S/C18H26N2O2/c1-4-9-15-18(22)20(12-14-10-7-6-8-11-14)16(13(3)5-2)17(21)19-15/h6-8,10-11,13,15-16H,4-5,9,12H2,1-3H3,(H,19,21). The fraction of sp³-hybridized carbons (Fsp3) is 0.556. The van der Waals surface area contributed by atoms with Crippen LogP contribution < -0.4 is 5.32 Å². The molecule has 1 saturated heterocycles. The van der Waals surface area contributed by atoms with Crippen molar-refractivity contribution in [1.29, 1.82) is 0 Å². The number of nitrogens with one attached hydrogen (secondary N) is 1. The maximum absolute atomic E-state index is 12.8. The molecule has 4 nitrogen and oxygen atoms in total. The van der Waals surface area contributed by atoms with Crippen molar-refractivity contribution < 1.29 is 9.59 Å². The third-order valence-electron chi connectivity index (χ3n) is 4.46. The van der Waals surface area contributed by atoms with Crippen LogP contribution in [0.25, 0.3) is 0 Å². The number of rotatable bonds is 6. The van der Waals surface area contributed by atoms with Crippen molar-refractivity contribution in [1.82, 2.24) is 10.2 Å². The van der Waals surface area contributed by atoms with Gasteiger partial charge in [-0.1, -0.05) is 63.9 Å². The lowest BCUT2D eigenvalue weighted by molar-refractivity contribution is -0.152. The Hall–Kier alpha value is -1.84. The Kier molecular flexibility index (Phi) is 5.58. The van der Waals surface area contributed by atoms with E-state index in [1.54, 1.807) is 4.90 Å².